The molecule has 2 heteroatoms. The molecule has 1 fully saturated rings. The van der Waals surface area contributed by atoms with Gasteiger partial charge in [0.05, 0.1) is 0 Å². The average molecular weight is 194 g/mol. The molecule has 1 saturated carbocycles. The number of hydrogen-bond donors (Lipinski definition) is 1. The molecule has 0 radical (unpaired) electrons. The van der Waals surface area contributed by atoms with Gasteiger partial charge in [-0.25, -0.2) is 0 Å². The fraction of sp³-hybridized carbons (Fsp3) is 0.455. The monoisotopic (exact) mass is 194 g/mol. The molecular formula is C11H14OS. The number of hydrogen-bond acceptors (Lipinski definition) is 2. The second kappa shape index (κ2) is 4.16. The molecule has 2 atom stereocenters. The van der Waals surface area contributed by atoms with E-state index in [2.05, 4.69) is 24.3 Å². The first-order chi connectivity index (χ1) is 6.40. The first kappa shape index (κ1) is 9.10. The largest absolute Gasteiger partial charge is 0.396 e. The van der Waals surface area contributed by atoms with E-state index >= 15 is 0 Å². The Bertz CT molecular complexity index is 258. The topological polar surface area (TPSA) is 20.2 Å². The highest BCUT2D eigenvalue weighted by atomic mass is 32.2. The molecule has 13 heavy (non-hydrogen) atoms. The van der Waals surface area contributed by atoms with Gasteiger partial charge in [-0.3, -0.25) is 0 Å². The predicted octanol–water partition coefficient (Wildman–Crippen LogP) is 2.55. The van der Waals surface area contributed by atoms with Crippen LogP contribution in [0.5, 0.6) is 0 Å². The van der Waals surface area contributed by atoms with Crippen molar-refractivity contribution < 1.29 is 5.11 Å². The van der Waals surface area contributed by atoms with Crippen LogP contribution >= 0.6 is 11.8 Å². The molecule has 1 aromatic rings. The zero-order chi connectivity index (χ0) is 9.10. The average Bonchev–Trinajstić information content (AvgIpc) is 2.15. The minimum Gasteiger partial charge on any atom is -0.396 e. The lowest BCUT2D eigenvalue weighted by Crippen LogP contribution is -2.31. The van der Waals surface area contributed by atoms with E-state index in [1.54, 1.807) is 0 Å². The van der Waals surface area contributed by atoms with Crippen molar-refractivity contribution >= 4 is 11.8 Å². The maximum atomic E-state index is 9.02. The van der Waals surface area contributed by atoms with Crippen LogP contribution in [-0.4, -0.2) is 17.0 Å². The van der Waals surface area contributed by atoms with Gasteiger partial charge in [-0.05, 0) is 30.9 Å². The molecule has 0 aliphatic heterocycles. The predicted molar refractivity (Wildman–Crippen MR) is 55.9 cm³/mol. The van der Waals surface area contributed by atoms with Crippen molar-refractivity contribution in [1.82, 2.24) is 0 Å². The third kappa shape index (κ3) is 2.06. The Hall–Kier alpha value is -0.470. The van der Waals surface area contributed by atoms with Crippen LogP contribution in [0.3, 0.4) is 0 Å². The van der Waals surface area contributed by atoms with Gasteiger partial charge in [0.25, 0.3) is 0 Å². The summed E-state index contributed by atoms with van der Waals surface area (Å²) in [5, 5.41) is 9.67. The molecule has 0 saturated heterocycles. The third-order valence-electron chi connectivity index (χ3n) is 2.61. The number of thioether (sulfide) groups is 1. The minimum atomic E-state index is 0.352. The van der Waals surface area contributed by atoms with Gasteiger partial charge in [0, 0.05) is 16.8 Å². The Balaban J connectivity index is 1.92. The fourth-order valence-corrected chi connectivity index (χ4v) is 2.91. The molecule has 70 valence electrons. The van der Waals surface area contributed by atoms with Crippen molar-refractivity contribution in [1.29, 1.82) is 0 Å². The quantitative estimate of drug-likeness (QED) is 0.798. The van der Waals surface area contributed by atoms with Gasteiger partial charge in [0.1, 0.15) is 0 Å². The van der Waals surface area contributed by atoms with Crippen molar-refractivity contribution in [2.24, 2.45) is 5.92 Å². The second-order valence-electron chi connectivity index (χ2n) is 3.49. The molecule has 0 aromatic heterocycles. The molecule has 2 rings (SSSR count). The SMILES string of the molecule is OC[C@@H]1CC[C@H]1Sc1ccccc1. The highest BCUT2D eigenvalue weighted by molar-refractivity contribution is 8.00. The highest BCUT2D eigenvalue weighted by Gasteiger charge is 2.30. The maximum absolute atomic E-state index is 9.02. The molecule has 1 aliphatic carbocycles. The number of aliphatic hydroxyl groups excluding tert-OH is 1. The van der Waals surface area contributed by atoms with Gasteiger partial charge in [-0.15, -0.1) is 11.8 Å². The molecule has 1 N–H and O–H groups in total. The van der Waals surface area contributed by atoms with Crippen molar-refractivity contribution in [2.45, 2.75) is 23.0 Å². The van der Waals surface area contributed by atoms with Crippen LogP contribution < -0.4 is 0 Å². The van der Waals surface area contributed by atoms with E-state index in [-0.39, 0.29) is 0 Å². The van der Waals surface area contributed by atoms with Crippen LogP contribution in [0.4, 0.5) is 0 Å². The molecule has 1 nitrogen and oxygen atoms in total. The first-order valence-corrected chi connectivity index (χ1v) is 5.60. The maximum Gasteiger partial charge on any atom is 0.0469 e. The molecule has 0 bridgehead atoms. The third-order valence-corrected chi connectivity index (χ3v) is 4.08. The summed E-state index contributed by atoms with van der Waals surface area (Å²) >= 11 is 1.90. The Morgan fingerprint density at radius 2 is 2.00 bits per heavy atom. The van der Waals surface area contributed by atoms with Gasteiger partial charge < -0.3 is 5.11 Å². The van der Waals surface area contributed by atoms with Gasteiger partial charge in [-0.1, -0.05) is 18.2 Å². The van der Waals surface area contributed by atoms with Crippen LogP contribution in [0, 0.1) is 5.92 Å². The summed E-state index contributed by atoms with van der Waals surface area (Å²) in [4.78, 5) is 1.32. The van der Waals surface area contributed by atoms with Crippen molar-refractivity contribution in [3.8, 4) is 0 Å². The van der Waals surface area contributed by atoms with E-state index in [0.717, 1.165) is 0 Å². The summed E-state index contributed by atoms with van der Waals surface area (Å²) in [5.41, 5.74) is 0. The summed E-state index contributed by atoms with van der Waals surface area (Å²) < 4.78 is 0. The normalized spacial score (nSPS) is 26.8. The smallest absolute Gasteiger partial charge is 0.0469 e. The summed E-state index contributed by atoms with van der Waals surface area (Å²) in [6.45, 7) is 0.352. The molecule has 1 aromatic carbocycles. The van der Waals surface area contributed by atoms with E-state index in [1.807, 2.05) is 17.8 Å². The van der Waals surface area contributed by atoms with Crippen LogP contribution in [0.25, 0.3) is 0 Å². The zero-order valence-electron chi connectivity index (χ0n) is 7.52. The van der Waals surface area contributed by atoms with Crippen molar-refractivity contribution in [3.63, 3.8) is 0 Å². The lowest BCUT2D eigenvalue weighted by molar-refractivity contribution is 0.170. The molecule has 0 unspecified atom stereocenters. The first-order valence-electron chi connectivity index (χ1n) is 4.72. The summed E-state index contributed by atoms with van der Waals surface area (Å²) in [7, 11) is 0. The van der Waals surface area contributed by atoms with Crippen LogP contribution in [0.15, 0.2) is 35.2 Å². The van der Waals surface area contributed by atoms with Crippen molar-refractivity contribution in [2.75, 3.05) is 6.61 Å². The molecular weight excluding hydrogens is 180 g/mol. The molecule has 0 heterocycles. The Morgan fingerprint density at radius 1 is 1.23 bits per heavy atom. The van der Waals surface area contributed by atoms with Gasteiger partial charge >= 0.3 is 0 Å². The van der Waals surface area contributed by atoms with Crippen LogP contribution in [0.2, 0.25) is 0 Å². The highest BCUT2D eigenvalue weighted by Crippen LogP contribution is 2.40. The zero-order valence-corrected chi connectivity index (χ0v) is 8.33. The Morgan fingerprint density at radius 3 is 2.54 bits per heavy atom. The van der Waals surface area contributed by atoms with E-state index in [9.17, 15) is 0 Å². The minimum absolute atomic E-state index is 0.352. The van der Waals surface area contributed by atoms with Crippen molar-refractivity contribution in [3.05, 3.63) is 30.3 Å². The number of aliphatic hydroxyl groups is 1. The lowest BCUT2D eigenvalue weighted by Gasteiger charge is -2.34. The number of rotatable bonds is 3. The number of benzene rings is 1. The van der Waals surface area contributed by atoms with Gasteiger partial charge in [-0.2, -0.15) is 0 Å². The second-order valence-corrected chi connectivity index (χ2v) is 4.80. The standard InChI is InChI=1S/C11H14OS/c12-8-9-6-7-11(9)13-10-4-2-1-3-5-10/h1-5,9,11-12H,6-8H2/t9-,11+/m0/s1. The van der Waals surface area contributed by atoms with Gasteiger partial charge in [0.15, 0.2) is 0 Å². The van der Waals surface area contributed by atoms with E-state index < -0.39 is 0 Å². The molecule has 0 amide bonds. The molecule has 1 aliphatic rings. The lowest BCUT2D eigenvalue weighted by atomic mass is 9.85. The van der Waals surface area contributed by atoms with Crippen LogP contribution in [-0.2, 0) is 0 Å². The Kier molecular flexibility index (Phi) is 2.91. The van der Waals surface area contributed by atoms with E-state index in [4.69, 9.17) is 5.11 Å². The van der Waals surface area contributed by atoms with Crippen LogP contribution in [0.1, 0.15) is 12.8 Å². The Labute approximate surface area is 83.2 Å². The van der Waals surface area contributed by atoms with E-state index in [1.165, 1.54) is 17.7 Å². The summed E-state index contributed by atoms with van der Waals surface area (Å²) in [6.07, 6.45) is 2.45. The molecule has 0 spiro atoms. The summed E-state index contributed by atoms with van der Waals surface area (Å²) in [6, 6.07) is 10.4. The fourth-order valence-electron chi connectivity index (χ4n) is 1.58. The van der Waals surface area contributed by atoms with Gasteiger partial charge in [0.2, 0.25) is 0 Å². The van der Waals surface area contributed by atoms with E-state index in [0.29, 0.717) is 17.8 Å². The summed E-state index contributed by atoms with van der Waals surface area (Å²) in [5.74, 6) is 0.533.